The molecule has 2 heteroatoms. The number of fused-ring (bicyclic) bond motifs is 11. The molecule has 0 aliphatic rings. The second kappa shape index (κ2) is 10.9. The van der Waals surface area contributed by atoms with Crippen molar-refractivity contribution in [3.05, 3.63) is 182 Å². The van der Waals surface area contributed by atoms with Gasteiger partial charge in [-0.05, 0) is 101 Å². The molecule has 0 saturated heterocycles. The van der Waals surface area contributed by atoms with Crippen molar-refractivity contribution in [1.82, 2.24) is 9.38 Å². The first-order chi connectivity index (χ1) is 25.3. The van der Waals surface area contributed by atoms with Crippen LogP contribution >= 0.6 is 0 Å². The topological polar surface area (TPSA) is 17.3 Å². The number of hydrogen-bond donors (Lipinski definition) is 0. The quantitative estimate of drug-likeness (QED) is 0.138. The van der Waals surface area contributed by atoms with Crippen LogP contribution < -0.4 is 0 Å². The summed E-state index contributed by atoms with van der Waals surface area (Å²) in [6.45, 7) is 0. The second-order valence-electron chi connectivity index (χ2n) is 13.5. The van der Waals surface area contributed by atoms with Crippen LogP contribution in [-0.2, 0) is 0 Å². The van der Waals surface area contributed by atoms with Gasteiger partial charge in [-0.25, -0.2) is 4.98 Å². The van der Waals surface area contributed by atoms with E-state index >= 15 is 0 Å². The van der Waals surface area contributed by atoms with Gasteiger partial charge in [-0.15, -0.1) is 0 Å². The van der Waals surface area contributed by atoms with Crippen molar-refractivity contribution in [3.63, 3.8) is 0 Å². The summed E-state index contributed by atoms with van der Waals surface area (Å²) in [5, 5.41) is 11.2. The first-order valence-corrected chi connectivity index (χ1v) is 17.6. The molecular weight excluding hydrogens is 617 g/mol. The standard InChI is InChI=1S/C49H30N2/c1-2-12-34-29-36(26-23-31(34)11-1)48-40-16-6-4-14-38(40)47(39-15-5-7-17-41(39)48)33-24-21-32(22-25-33)35-27-28-45-43(30-35)37-13-3-8-18-42(37)49-50-44-19-9-10-20-46(44)51(45)49/h1-30H. The molecule has 9 aromatic carbocycles. The number of hydrogen-bond acceptors (Lipinski definition) is 1. The Balaban J connectivity index is 1.09. The highest BCUT2D eigenvalue weighted by Gasteiger charge is 2.18. The van der Waals surface area contributed by atoms with E-state index in [1.54, 1.807) is 0 Å². The zero-order valence-corrected chi connectivity index (χ0v) is 27.7. The number of rotatable bonds is 3. The van der Waals surface area contributed by atoms with Gasteiger partial charge in [-0.3, -0.25) is 4.40 Å². The Kier molecular flexibility index (Phi) is 5.99. The highest BCUT2D eigenvalue weighted by molar-refractivity contribution is 6.22. The Labute approximate surface area is 294 Å². The molecule has 51 heavy (non-hydrogen) atoms. The number of nitrogens with zero attached hydrogens (tertiary/aromatic N) is 2. The summed E-state index contributed by atoms with van der Waals surface area (Å²) in [7, 11) is 0. The monoisotopic (exact) mass is 646 g/mol. The smallest absolute Gasteiger partial charge is 0.146 e. The summed E-state index contributed by atoms with van der Waals surface area (Å²) >= 11 is 0. The SMILES string of the molecule is c1ccc2cc(-c3c4ccccc4c(-c4ccc(-c5ccc6c(c5)c5ccccc5c5nc7ccccc7n65)cc4)c4ccccc34)ccc2c1. The van der Waals surface area contributed by atoms with Crippen molar-refractivity contribution in [1.29, 1.82) is 0 Å². The summed E-state index contributed by atoms with van der Waals surface area (Å²) in [6.07, 6.45) is 0. The fraction of sp³-hybridized carbons (Fsp3) is 0. The number of imidazole rings is 1. The molecule has 236 valence electrons. The number of benzene rings is 9. The minimum Gasteiger partial charge on any atom is -0.292 e. The second-order valence-corrected chi connectivity index (χ2v) is 13.5. The molecule has 0 aliphatic heterocycles. The van der Waals surface area contributed by atoms with E-state index in [0.29, 0.717) is 0 Å². The molecule has 0 bridgehead atoms. The fourth-order valence-corrected chi connectivity index (χ4v) is 8.41. The van der Waals surface area contributed by atoms with Crippen LogP contribution in [0.3, 0.4) is 0 Å². The predicted molar refractivity (Wildman–Crippen MR) is 217 cm³/mol. The Morgan fingerprint density at radius 2 is 0.843 bits per heavy atom. The van der Waals surface area contributed by atoms with E-state index in [9.17, 15) is 0 Å². The summed E-state index contributed by atoms with van der Waals surface area (Å²) in [4.78, 5) is 5.05. The van der Waals surface area contributed by atoms with Crippen molar-refractivity contribution < 1.29 is 0 Å². The molecule has 2 nitrogen and oxygen atoms in total. The molecule has 0 atom stereocenters. The maximum Gasteiger partial charge on any atom is 0.146 e. The van der Waals surface area contributed by atoms with Gasteiger partial charge >= 0.3 is 0 Å². The summed E-state index contributed by atoms with van der Waals surface area (Å²) in [5.74, 6) is 0. The highest BCUT2D eigenvalue weighted by Crippen LogP contribution is 2.44. The summed E-state index contributed by atoms with van der Waals surface area (Å²) in [5.41, 5.74) is 11.7. The van der Waals surface area contributed by atoms with E-state index in [0.717, 1.165) is 16.7 Å². The predicted octanol–water partition coefficient (Wildman–Crippen LogP) is 13.3. The molecule has 11 aromatic rings. The molecule has 11 rings (SSSR count). The van der Waals surface area contributed by atoms with Gasteiger partial charge < -0.3 is 0 Å². The van der Waals surface area contributed by atoms with Crippen LogP contribution in [0.15, 0.2) is 182 Å². The van der Waals surface area contributed by atoms with E-state index < -0.39 is 0 Å². The van der Waals surface area contributed by atoms with Crippen LogP contribution in [0.25, 0.3) is 104 Å². The van der Waals surface area contributed by atoms with Crippen LogP contribution in [0, 0.1) is 0 Å². The third-order valence-corrected chi connectivity index (χ3v) is 10.7. The lowest BCUT2D eigenvalue weighted by Crippen LogP contribution is -1.92. The molecule has 0 unspecified atom stereocenters. The van der Waals surface area contributed by atoms with Crippen molar-refractivity contribution in [2.75, 3.05) is 0 Å². The Morgan fingerprint density at radius 1 is 0.314 bits per heavy atom. The number of para-hydroxylation sites is 2. The zero-order valence-electron chi connectivity index (χ0n) is 27.7. The van der Waals surface area contributed by atoms with Gasteiger partial charge in [0.1, 0.15) is 5.65 Å². The van der Waals surface area contributed by atoms with Gasteiger partial charge in [0.2, 0.25) is 0 Å². The minimum atomic E-state index is 1.00. The molecule has 0 saturated carbocycles. The van der Waals surface area contributed by atoms with Crippen LogP contribution in [0.1, 0.15) is 0 Å². The summed E-state index contributed by atoms with van der Waals surface area (Å²) in [6, 6.07) is 66.4. The van der Waals surface area contributed by atoms with Gasteiger partial charge in [-0.1, -0.05) is 152 Å². The maximum atomic E-state index is 5.05. The molecule has 0 amide bonds. The first-order valence-electron chi connectivity index (χ1n) is 17.6. The molecule has 2 aromatic heterocycles. The van der Waals surface area contributed by atoms with Crippen LogP contribution in [0.5, 0.6) is 0 Å². The third-order valence-electron chi connectivity index (χ3n) is 10.7. The van der Waals surface area contributed by atoms with E-state index in [1.165, 1.54) is 87.4 Å². The molecule has 0 spiro atoms. The van der Waals surface area contributed by atoms with Crippen LogP contribution in [0.4, 0.5) is 0 Å². The van der Waals surface area contributed by atoms with E-state index in [1.807, 2.05) is 0 Å². The fourth-order valence-electron chi connectivity index (χ4n) is 8.41. The van der Waals surface area contributed by atoms with E-state index in [4.69, 9.17) is 4.98 Å². The van der Waals surface area contributed by atoms with Gasteiger partial charge in [0, 0.05) is 10.8 Å². The minimum absolute atomic E-state index is 1.00. The summed E-state index contributed by atoms with van der Waals surface area (Å²) < 4.78 is 2.32. The average Bonchev–Trinajstić information content (AvgIpc) is 3.60. The number of pyridine rings is 1. The van der Waals surface area contributed by atoms with Crippen molar-refractivity contribution in [3.8, 4) is 33.4 Å². The zero-order chi connectivity index (χ0) is 33.5. The first kappa shape index (κ1) is 28.1. The van der Waals surface area contributed by atoms with Crippen molar-refractivity contribution in [2.45, 2.75) is 0 Å². The van der Waals surface area contributed by atoms with Gasteiger partial charge in [0.25, 0.3) is 0 Å². The van der Waals surface area contributed by atoms with E-state index in [-0.39, 0.29) is 0 Å². The molecule has 0 fully saturated rings. The van der Waals surface area contributed by atoms with Crippen LogP contribution in [-0.4, -0.2) is 9.38 Å². The van der Waals surface area contributed by atoms with Crippen molar-refractivity contribution >= 4 is 70.7 Å². The van der Waals surface area contributed by atoms with Crippen LogP contribution in [0.2, 0.25) is 0 Å². The molecule has 0 radical (unpaired) electrons. The largest absolute Gasteiger partial charge is 0.292 e. The molecule has 2 heterocycles. The maximum absolute atomic E-state index is 5.05. The molecule has 0 N–H and O–H groups in total. The lowest BCUT2D eigenvalue weighted by molar-refractivity contribution is 1.31. The van der Waals surface area contributed by atoms with E-state index in [2.05, 4.69) is 186 Å². The Hall–Kier alpha value is -6.77. The van der Waals surface area contributed by atoms with Crippen molar-refractivity contribution in [2.24, 2.45) is 0 Å². The third kappa shape index (κ3) is 4.20. The average molecular weight is 647 g/mol. The lowest BCUT2D eigenvalue weighted by atomic mass is 9.85. The molecule has 0 aliphatic carbocycles. The van der Waals surface area contributed by atoms with Gasteiger partial charge in [0.15, 0.2) is 0 Å². The number of aromatic nitrogens is 2. The van der Waals surface area contributed by atoms with Gasteiger partial charge in [-0.2, -0.15) is 0 Å². The Bertz CT molecular complexity index is 3130. The molecular formula is C49H30N2. The lowest BCUT2D eigenvalue weighted by Gasteiger charge is -2.18. The highest BCUT2D eigenvalue weighted by atomic mass is 15.0. The van der Waals surface area contributed by atoms with Gasteiger partial charge in [0.05, 0.1) is 16.6 Å². The Morgan fingerprint density at radius 3 is 1.57 bits per heavy atom. The normalized spacial score (nSPS) is 11.9.